The molecule has 0 spiro atoms. The number of pyridine rings is 1. The van der Waals surface area contributed by atoms with Gasteiger partial charge in [0, 0.05) is 6.54 Å². The Labute approximate surface area is 114 Å². The van der Waals surface area contributed by atoms with Crippen molar-refractivity contribution in [3.05, 3.63) is 17.7 Å². The van der Waals surface area contributed by atoms with Gasteiger partial charge < -0.3 is 15.8 Å². The molecule has 5 nitrogen and oxygen atoms in total. The van der Waals surface area contributed by atoms with Crippen molar-refractivity contribution in [3.63, 3.8) is 0 Å². The predicted molar refractivity (Wildman–Crippen MR) is 68.9 cm³/mol. The van der Waals surface area contributed by atoms with Crippen LogP contribution in [0.25, 0.3) is 0 Å². The summed E-state index contributed by atoms with van der Waals surface area (Å²) in [5.41, 5.74) is 1.31. The van der Waals surface area contributed by atoms with Crippen LogP contribution in [-0.2, 0) is 6.18 Å². The topological polar surface area (TPSA) is 83.2 Å². The van der Waals surface area contributed by atoms with Crippen LogP contribution in [0.4, 0.5) is 24.8 Å². The van der Waals surface area contributed by atoms with Crippen LogP contribution in [0.3, 0.4) is 0 Å². The third-order valence-electron chi connectivity index (χ3n) is 3.39. The molecule has 0 aliphatic heterocycles. The van der Waals surface area contributed by atoms with E-state index in [1.807, 2.05) is 0 Å². The molecule has 0 amide bonds. The highest BCUT2D eigenvalue weighted by molar-refractivity contribution is 5.49. The van der Waals surface area contributed by atoms with E-state index < -0.39 is 11.7 Å². The summed E-state index contributed by atoms with van der Waals surface area (Å²) in [6.07, 6.45) is -2.51. The second-order valence-electron chi connectivity index (χ2n) is 4.98. The standard InChI is InChI=1S/C12H17F3N4O/c13-12(14,15)8-4-10(18-11(5-8)19-16)17-6-7-1-2-9(20)3-7/h4-5,7,9,20H,1-3,6,16H2,(H2,17,18,19). The molecular formula is C12H17F3N4O. The molecular weight excluding hydrogens is 273 g/mol. The third kappa shape index (κ3) is 3.73. The predicted octanol–water partition coefficient (Wildman–Crippen LogP) is 1.96. The maximum atomic E-state index is 12.7. The fourth-order valence-electron chi connectivity index (χ4n) is 2.34. The highest BCUT2D eigenvalue weighted by Gasteiger charge is 2.31. The smallest absolute Gasteiger partial charge is 0.393 e. The molecule has 2 atom stereocenters. The van der Waals surface area contributed by atoms with Gasteiger partial charge in [-0.15, -0.1) is 0 Å². The molecule has 1 aliphatic rings. The fourth-order valence-corrected chi connectivity index (χ4v) is 2.34. The van der Waals surface area contributed by atoms with E-state index >= 15 is 0 Å². The van der Waals surface area contributed by atoms with Gasteiger partial charge in [0.25, 0.3) is 0 Å². The lowest BCUT2D eigenvalue weighted by atomic mass is 10.1. The number of aromatic nitrogens is 1. The van der Waals surface area contributed by atoms with Gasteiger partial charge in [-0.25, -0.2) is 10.8 Å². The molecule has 0 bridgehead atoms. The lowest BCUT2D eigenvalue weighted by molar-refractivity contribution is -0.137. The van der Waals surface area contributed by atoms with Gasteiger partial charge in [0.15, 0.2) is 0 Å². The summed E-state index contributed by atoms with van der Waals surface area (Å²) < 4.78 is 38.2. The van der Waals surface area contributed by atoms with Crippen molar-refractivity contribution in [2.75, 3.05) is 17.3 Å². The Hall–Kier alpha value is -1.54. The summed E-state index contributed by atoms with van der Waals surface area (Å²) in [6, 6.07) is 1.80. The van der Waals surface area contributed by atoms with Crippen LogP contribution in [0.1, 0.15) is 24.8 Å². The zero-order valence-electron chi connectivity index (χ0n) is 10.7. The number of hydrazine groups is 1. The average Bonchev–Trinajstić information content (AvgIpc) is 2.81. The summed E-state index contributed by atoms with van der Waals surface area (Å²) in [4.78, 5) is 3.94. The summed E-state index contributed by atoms with van der Waals surface area (Å²) in [7, 11) is 0. The molecule has 1 fully saturated rings. The summed E-state index contributed by atoms with van der Waals surface area (Å²) in [5, 5.41) is 12.3. The molecule has 0 saturated heterocycles. The summed E-state index contributed by atoms with van der Waals surface area (Å²) >= 11 is 0. The molecule has 1 heterocycles. The molecule has 8 heteroatoms. The van der Waals surface area contributed by atoms with Crippen molar-refractivity contribution in [2.45, 2.75) is 31.5 Å². The number of aliphatic hydroxyl groups is 1. The number of anilines is 2. The second-order valence-corrected chi connectivity index (χ2v) is 4.98. The van der Waals surface area contributed by atoms with Crippen LogP contribution in [-0.4, -0.2) is 22.7 Å². The van der Waals surface area contributed by atoms with Gasteiger partial charge in [-0.2, -0.15) is 13.2 Å². The van der Waals surface area contributed by atoms with E-state index in [-0.39, 0.29) is 23.7 Å². The number of nitrogens with zero attached hydrogens (tertiary/aromatic N) is 1. The summed E-state index contributed by atoms with van der Waals surface area (Å²) in [5.74, 6) is 5.44. The first kappa shape index (κ1) is 14.9. The molecule has 1 aliphatic carbocycles. The largest absolute Gasteiger partial charge is 0.416 e. The van der Waals surface area contributed by atoms with Gasteiger partial charge in [0.1, 0.15) is 11.6 Å². The Morgan fingerprint density at radius 3 is 2.55 bits per heavy atom. The van der Waals surface area contributed by atoms with E-state index in [2.05, 4.69) is 15.7 Å². The average molecular weight is 290 g/mol. The SMILES string of the molecule is NNc1cc(C(F)(F)F)cc(NCC2CCC(O)C2)n1. The molecule has 1 aromatic rings. The molecule has 112 valence electrons. The van der Waals surface area contributed by atoms with Crippen LogP contribution in [0.5, 0.6) is 0 Å². The molecule has 20 heavy (non-hydrogen) atoms. The highest BCUT2D eigenvalue weighted by atomic mass is 19.4. The van der Waals surface area contributed by atoms with E-state index in [1.165, 1.54) is 0 Å². The Morgan fingerprint density at radius 2 is 2.00 bits per heavy atom. The van der Waals surface area contributed by atoms with Gasteiger partial charge in [0.05, 0.1) is 11.7 Å². The first-order valence-corrected chi connectivity index (χ1v) is 6.36. The Bertz CT molecular complexity index is 467. The molecule has 0 aromatic carbocycles. The number of alkyl halides is 3. The number of hydrogen-bond donors (Lipinski definition) is 4. The van der Waals surface area contributed by atoms with Gasteiger partial charge in [-0.05, 0) is 37.3 Å². The fraction of sp³-hybridized carbons (Fsp3) is 0.583. The van der Waals surface area contributed by atoms with Crippen molar-refractivity contribution in [1.82, 2.24) is 4.98 Å². The van der Waals surface area contributed by atoms with E-state index in [0.29, 0.717) is 13.0 Å². The van der Waals surface area contributed by atoms with E-state index in [4.69, 9.17) is 5.84 Å². The van der Waals surface area contributed by atoms with Crippen molar-refractivity contribution in [3.8, 4) is 0 Å². The number of aliphatic hydroxyl groups excluding tert-OH is 1. The Balaban J connectivity index is 2.07. The molecule has 1 saturated carbocycles. The van der Waals surface area contributed by atoms with Crippen LogP contribution >= 0.6 is 0 Å². The minimum atomic E-state index is -4.45. The first-order chi connectivity index (χ1) is 9.38. The van der Waals surface area contributed by atoms with Crippen LogP contribution in [0.15, 0.2) is 12.1 Å². The zero-order chi connectivity index (χ0) is 14.8. The van der Waals surface area contributed by atoms with Crippen LogP contribution < -0.4 is 16.6 Å². The Kier molecular flexibility index (Phi) is 4.34. The maximum absolute atomic E-state index is 12.7. The molecule has 5 N–H and O–H groups in total. The van der Waals surface area contributed by atoms with Gasteiger partial charge >= 0.3 is 6.18 Å². The number of nitrogen functional groups attached to an aromatic ring is 1. The Morgan fingerprint density at radius 1 is 1.30 bits per heavy atom. The lowest BCUT2D eigenvalue weighted by Gasteiger charge is -2.14. The van der Waals surface area contributed by atoms with Crippen molar-refractivity contribution in [1.29, 1.82) is 0 Å². The number of hydrogen-bond acceptors (Lipinski definition) is 5. The van der Waals surface area contributed by atoms with Crippen LogP contribution in [0, 0.1) is 5.92 Å². The monoisotopic (exact) mass is 290 g/mol. The van der Waals surface area contributed by atoms with Gasteiger partial charge in [-0.3, -0.25) is 0 Å². The van der Waals surface area contributed by atoms with Gasteiger partial charge in [0.2, 0.25) is 0 Å². The number of nitrogens with one attached hydrogen (secondary N) is 2. The number of rotatable bonds is 4. The van der Waals surface area contributed by atoms with E-state index in [9.17, 15) is 18.3 Å². The summed E-state index contributed by atoms with van der Waals surface area (Å²) in [6.45, 7) is 0.482. The van der Waals surface area contributed by atoms with Crippen molar-refractivity contribution < 1.29 is 18.3 Å². The molecule has 0 radical (unpaired) electrons. The third-order valence-corrected chi connectivity index (χ3v) is 3.39. The first-order valence-electron chi connectivity index (χ1n) is 6.36. The minimum Gasteiger partial charge on any atom is -0.393 e. The highest BCUT2D eigenvalue weighted by Crippen LogP contribution is 2.32. The lowest BCUT2D eigenvalue weighted by Crippen LogP contribution is -2.17. The second kappa shape index (κ2) is 5.84. The molecule has 1 aromatic heterocycles. The van der Waals surface area contributed by atoms with Crippen molar-refractivity contribution >= 4 is 11.6 Å². The maximum Gasteiger partial charge on any atom is 0.416 e. The van der Waals surface area contributed by atoms with E-state index in [0.717, 1.165) is 25.0 Å². The van der Waals surface area contributed by atoms with E-state index in [1.54, 1.807) is 0 Å². The molecule has 2 unspecified atom stereocenters. The normalized spacial score (nSPS) is 22.9. The quantitative estimate of drug-likeness (QED) is 0.503. The zero-order valence-corrected chi connectivity index (χ0v) is 10.7. The minimum absolute atomic E-state index is 0.0474. The van der Waals surface area contributed by atoms with Crippen LogP contribution in [0.2, 0.25) is 0 Å². The number of nitrogens with two attached hydrogens (primary N) is 1. The number of halogens is 3. The van der Waals surface area contributed by atoms with Gasteiger partial charge in [-0.1, -0.05) is 0 Å². The molecule has 2 rings (SSSR count). The van der Waals surface area contributed by atoms with Crippen molar-refractivity contribution in [2.24, 2.45) is 11.8 Å².